The molecule has 1 aromatic carbocycles. The molecule has 2 amide bonds. The van der Waals surface area contributed by atoms with Gasteiger partial charge in [-0.3, -0.25) is 4.79 Å². The van der Waals surface area contributed by atoms with E-state index in [1.54, 1.807) is 7.11 Å². The quantitative estimate of drug-likeness (QED) is 0.654. The summed E-state index contributed by atoms with van der Waals surface area (Å²) < 4.78 is 23.8. The van der Waals surface area contributed by atoms with Crippen molar-refractivity contribution in [3.8, 4) is 5.75 Å². The minimum atomic E-state index is -0.791. The zero-order valence-corrected chi connectivity index (χ0v) is 14.1. The smallest absolute Gasteiger partial charge is 0.319 e. The third kappa shape index (κ3) is 5.90. The predicted octanol–water partition coefficient (Wildman–Crippen LogP) is 2.62. The van der Waals surface area contributed by atoms with Crippen molar-refractivity contribution in [1.29, 1.82) is 0 Å². The predicted molar refractivity (Wildman–Crippen MR) is 89.3 cm³/mol. The molecule has 0 aliphatic heterocycles. The van der Waals surface area contributed by atoms with E-state index in [-0.39, 0.29) is 24.3 Å². The highest BCUT2D eigenvalue weighted by atomic mass is 19.1. The fourth-order valence-electron chi connectivity index (χ4n) is 2.79. The van der Waals surface area contributed by atoms with Crippen LogP contribution in [0.15, 0.2) is 18.2 Å². The standard InChI is InChI=1S/C17H23FN2O5/c1-24-8-9-25-15-7-4-12(18)10-14(15)20-17(23)19-13-5-2-11(3-6-13)16(21)22/h4,7,10-11,13H,2-3,5-6,8-9H2,1H3,(H,21,22)(H2,19,20,23). The number of carbonyl (C=O) groups is 2. The number of carboxylic acid groups (broad SMARTS) is 1. The summed E-state index contributed by atoms with van der Waals surface area (Å²) >= 11 is 0. The minimum Gasteiger partial charge on any atom is -0.489 e. The molecule has 1 fully saturated rings. The lowest BCUT2D eigenvalue weighted by atomic mass is 9.86. The number of methoxy groups -OCH3 is 1. The van der Waals surface area contributed by atoms with Gasteiger partial charge in [-0.25, -0.2) is 9.18 Å². The Hall–Kier alpha value is -2.35. The number of amides is 2. The molecule has 8 heteroatoms. The van der Waals surface area contributed by atoms with Gasteiger partial charge in [-0.05, 0) is 37.8 Å². The Balaban J connectivity index is 1.89. The monoisotopic (exact) mass is 354 g/mol. The molecule has 2 rings (SSSR count). The van der Waals surface area contributed by atoms with E-state index in [0.717, 1.165) is 0 Å². The molecule has 0 heterocycles. The second-order valence-corrected chi connectivity index (χ2v) is 5.97. The van der Waals surface area contributed by atoms with E-state index >= 15 is 0 Å². The molecule has 0 bridgehead atoms. The number of nitrogens with one attached hydrogen (secondary N) is 2. The van der Waals surface area contributed by atoms with Crippen LogP contribution in [0.4, 0.5) is 14.9 Å². The van der Waals surface area contributed by atoms with E-state index in [4.69, 9.17) is 14.6 Å². The summed E-state index contributed by atoms with van der Waals surface area (Å²) in [5, 5.41) is 14.4. The first-order valence-corrected chi connectivity index (χ1v) is 8.21. The van der Waals surface area contributed by atoms with Gasteiger partial charge in [0, 0.05) is 19.2 Å². The van der Waals surface area contributed by atoms with E-state index in [9.17, 15) is 14.0 Å². The second kappa shape index (κ2) is 9.22. The van der Waals surface area contributed by atoms with E-state index in [1.165, 1.54) is 18.2 Å². The van der Waals surface area contributed by atoms with Crippen LogP contribution in [0, 0.1) is 11.7 Å². The first-order valence-electron chi connectivity index (χ1n) is 8.21. The van der Waals surface area contributed by atoms with Crippen molar-refractivity contribution in [1.82, 2.24) is 5.32 Å². The number of carboxylic acids is 1. The minimum absolute atomic E-state index is 0.0954. The first-order chi connectivity index (χ1) is 12.0. The Morgan fingerprint density at radius 1 is 1.24 bits per heavy atom. The zero-order chi connectivity index (χ0) is 18.2. The Kier molecular flexibility index (Phi) is 7.00. The van der Waals surface area contributed by atoms with Gasteiger partial charge in [0.15, 0.2) is 0 Å². The van der Waals surface area contributed by atoms with Gasteiger partial charge in [0.25, 0.3) is 0 Å². The molecule has 25 heavy (non-hydrogen) atoms. The molecule has 138 valence electrons. The van der Waals surface area contributed by atoms with Gasteiger partial charge in [-0.1, -0.05) is 0 Å². The molecule has 1 aromatic rings. The lowest BCUT2D eigenvalue weighted by Crippen LogP contribution is -2.41. The summed E-state index contributed by atoms with van der Waals surface area (Å²) in [5.74, 6) is -1.27. The third-order valence-corrected chi connectivity index (χ3v) is 4.15. The van der Waals surface area contributed by atoms with Gasteiger partial charge >= 0.3 is 12.0 Å². The van der Waals surface area contributed by atoms with Crippen molar-refractivity contribution in [2.24, 2.45) is 5.92 Å². The van der Waals surface area contributed by atoms with Crippen LogP contribution in [0.25, 0.3) is 0 Å². The lowest BCUT2D eigenvalue weighted by molar-refractivity contribution is -0.142. The number of hydrogen-bond donors (Lipinski definition) is 3. The van der Waals surface area contributed by atoms with E-state index in [2.05, 4.69) is 10.6 Å². The number of hydrogen-bond acceptors (Lipinski definition) is 4. The molecule has 0 unspecified atom stereocenters. The molecule has 0 aromatic heterocycles. The normalized spacial score (nSPS) is 19.9. The highest BCUT2D eigenvalue weighted by Gasteiger charge is 2.26. The molecule has 1 saturated carbocycles. The second-order valence-electron chi connectivity index (χ2n) is 5.97. The Labute approximate surface area is 145 Å². The molecule has 1 aliphatic rings. The van der Waals surface area contributed by atoms with Crippen LogP contribution in [0.1, 0.15) is 25.7 Å². The fourth-order valence-corrected chi connectivity index (χ4v) is 2.79. The molecular formula is C17H23FN2O5. The summed E-state index contributed by atoms with van der Waals surface area (Å²) in [5.41, 5.74) is 0.229. The van der Waals surface area contributed by atoms with Gasteiger partial charge in [-0.2, -0.15) is 0 Å². The fraction of sp³-hybridized carbons (Fsp3) is 0.529. The zero-order valence-electron chi connectivity index (χ0n) is 14.1. The number of carbonyl (C=O) groups excluding carboxylic acids is 1. The molecule has 0 spiro atoms. The number of halogens is 1. The van der Waals surface area contributed by atoms with Crippen LogP contribution in [-0.4, -0.2) is 43.5 Å². The molecule has 0 radical (unpaired) electrons. The number of anilines is 1. The highest BCUT2D eigenvalue weighted by Crippen LogP contribution is 2.27. The summed E-state index contributed by atoms with van der Waals surface area (Å²) in [6.45, 7) is 0.646. The number of aliphatic carboxylic acids is 1. The third-order valence-electron chi connectivity index (χ3n) is 4.15. The van der Waals surface area contributed by atoms with Gasteiger partial charge in [0.05, 0.1) is 18.2 Å². The van der Waals surface area contributed by atoms with Gasteiger partial charge in [0.1, 0.15) is 18.2 Å². The van der Waals surface area contributed by atoms with Crippen LogP contribution >= 0.6 is 0 Å². The summed E-state index contributed by atoms with van der Waals surface area (Å²) in [4.78, 5) is 23.1. The first kappa shape index (κ1) is 19.0. The van der Waals surface area contributed by atoms with Crippen molar-refractivity contribution in [3.05, 3.63) is 24.0 Å². The summed E-state index contributed by atoms with van der Waals surface area (Å²) in [6, 6.07) is 3.31. The van der Waals surface area contributed by atoms with Crippen LogP contribution < -0.4 is 15.4 Å². The average Bonchev–Trinajstić information content (AvgIpc) is 2.57. The highest BCUT2D eigenvalue weighted by molar-refractivity contribution is 5.91. The van der Waals surface area contributed by atoms with E-state index in [1.807, 2.05) is 0 Å². The largest absolute Gasteiger partial charge is 0.489 e. The maximum Gasteiger partial charge on any atom is 0.319 e. The molecule has 1 aliphatic carbocycles. The molecular weight excluding hydrogens is 331 g/mol. The summed E-state index contributed by atoms with van der Waals surface area (Å²) in [6.07, 6.45) is 2.27. The average molecular weight is 354 g/mol. The Bertz CT molecular complexity index is 603. The van der Waals surface area contributed by atoms with Crippen LogP contribution in [0.2, 0.25) is 0 Å². The van der Waals surface area contributed by atoms with E-state index < -0.39 is 17.8 Å². The Morgan fingerprint density at radius 2 is 1.96 bits per heavy atom. The van der Waals surface area contributed by atoms with Crippen LogP contribution in [0.3, 0.4) is 0 Å². The number of rotatable bonds is 7. The molecule has 7 nitrogen and oxygen atoms in total. The van der Waals surface area contributed by atoms with Crippen molar-refractivity contribution >= 4 is 17.7 Å². The molecule has 0 atom stereocenters. The molecule has 0 saturated heterocycles. The van der Waals surface area contributed by atoms with Gasteiger partial charge in [-0.15, -0.1) is 0 Å². The van der Waals surface area contributed by atoms with Crippen molar-refractivity contribution in [2.75, 3.05) is 25.6 Å². The lowest BCUT2D eigenvalue weighted by Gasteiger charge is -2.27. The topological polar surface area (TPSA) is 96.9 Å². The maximum atomic E-state index is 13.5. The number of ether oxygens (including phenoxy) is 2. The SMILES string of the molecule is COCCOc1ccc(F)cc1NC(=O)NC1CCC(C(=O)O)CC1. The van der Waals surface area contributed by atoms with Crippen LogP contribution in [-0.2, 0) is 9.53 Å². The Morgan fingerprint density at radius 3 is 2.60 bits per heavy atom. The van der Waals surface area contributed by atoms with Crippen molar-refractivity contribution in [2.45, 2.75) is 31.7 Å². The van der Waals surface area contributed by atoms with Crippen molar-refractivity contribution in [3.63, 3.8) is 0 Å². The number of urea groups is 1. The maximum absolute atomic E-state index is 13.5. The van der Waals surface area contributed by atoms with Gasteiger partial charge in [0.2, 0.25) is 0 Å². The molecule has 3 N–H and O–H groups in total. The van der Waals surface area contributed by atoms with Gasteiger partial charge < -0.3 is 25.2 Å². The van der Waals surface area contributed by atoms with Crippen LogP contribution in [0.5, 0.6) is 5.75 Å². The van der Waals surface area contributed by atoms with E-state index in [0.29, 0.717) is 38.0 Å². The van der Waals surface area contributed by atoms with Crippen molar-refractivity contribution < 1.29 is 28.6 Å². The number of benzene rings is 1. The summed E-state index contributed by atoms with van der Waals surface area (Å²) in [7, 11) is 1.54.